The van der Waals surface area contributed by atoms with Gasteiger partial charge in [0.2, 0.25) is 0 Å². The third-order valence-corrected chi connectivity index (χ3v) is 3.48. The van der Waals surface area contributed by atoms with Crippen LogP contribution in [0.15, 0.2) is 18.2 Å². The van der Waals surface area contributed by atoms with Gasteiger partial charge in [-0.15, -0.1) is 0 Å². The van der Waals surface area contributed by atoms with Gasteiger partial charge in [-0.3, -0.25) is 0 Å². The Kier molecular flexibility index (Phi) is 2.82. The fourth-order valence-corrected chi connectivity index (χ4v) is 2.40. The van der Waals surface area contributed by atoms with Crippen molar-refractivity contribution >= 4 is 0 Å². The highest BCUT2D eigenvalue weighted by molar-refractivity contribution is 5.70. The SMILES string of the molecule is CCc1ccc2c(c1)OCCc1nc(CC)[nH]c1-2. The molecule has 0 radical (unpaired) electrons. The number of hydrogen-bond donors (Lipinski definition) is 1. The van der Waals surface area contributed by atoms with Crippen LogP contribution in [0.4, 0.5) is 0 Å². The number of aromatic amines is 1. The van der Waals surface area contributed by atoms with E-state index >= 15 is 0 Å². The van der Waals surface area contributed by atoms with Crippen LogP contribution in [-0.2, 0) is 19.3 Å². The lowest BCUT2D eigenvalue weighted by atomic mass is 10.0. The Bertz CT molecular complexity index is 572. The predicted octanol–water partition coefficient (Wildman–Crippen LogP) is 3.14. The van der Waals surface area contributed by atoms with Crippen LogP contribution in [-0.4, -0.2) is 16.6 Å². The minimum absolute atomic E-state index is 0.709. The highest BCUT2D eigenvalue weighted by Crippen LogP contribution is 2.34. The summed E-state index contributed by atoms with van der Waals surface area (Å²) in [6.45, 7) is 4.99. The van der Waals surface area contributed by atoms with Gasteiger partial charge in [0.1, 0.15) is 11.6 Å². The van der Waals surface area contributed by atoms with E-state index in [0.717, 1.165) is 47.8 Å². The quantitative estimate of drug-likeness (QED) is 0.878. The Labute approximate surface area is 107 Å². The van der Waals surface area contributed by atoms with Crippen molar-refractivity contribution in [3.8, 4) is 17.0 Å². The van der Waals surface area contributed by atoms with Crippen molar-refractivity contribution in [2.75, 3.05) is 6.61 Å². The van der Waals surface area contributed by atoms with E-state index in [1.54, 1.807) is 0 Å². The van der Waals surface area contributed by atoms with E-state index in [9.17, 15) is 0 Å². The number of benzene rings is 1. The molecule has 3 heteroatoms. The van der Waals surface area contributed by atoms with Gasteiger partial charge in [-0.05, 0) is 24.1 Å². The van der Waals surface area contributed by atoms with Gasteiger partial charge < -0.3 is 9.72 Å². The third-order valence-electron chi connectivity index (χ3n) is 3.48. The molecule has 1 aromatic heterocycles. The minimum atomic E-state index is 0.709. The van der Waals surface area contributed by atoms with Crippen LogP contribution >= 0.6 is 0 Å². The topological polar surface area (TPSA) is 37.9 Å². The lowest BCUT2D eigenvalue weighted by Crippen LogP contribution is -2.00. The predicted molar refractivity (Wildman–Crippen MR) is 72.0 cm³/mol. The van der Waals surface area contributed by atoms with Crippen molar-refractivity contribution in [3.05, 3.63) is 35.3 Å². The number of hydrogen-bond acceptors (Lipinski definition) is 2. The molecule has 0 atom stereocenters. The first-order valence-corrected chi connectivity index (χ1v) is 6.65. The molecule has 0 fully saturated rings. The minimum Gasteiger partial charge on any atom is -0.492 e. The molecule has 0 saturated heterocycles. The summed E-state index contributed by atoms with van der Waals surface area (Å²) in [4.78, 5) is 8.06. The molecular formula is C15H18N2O. The molecule has 1 N–H and O–H groups in total. The van der Waals surface area contributed by atoms with E-state index in [1.807, 2.05) is 0 Å². The first-order valence-electron chi connectivity index (χ1n) is 6.65. The van der Waals surface area contributed by atoms with Crippen molar-refractivity contribution in [2.45, 2.75) is 33.1 Å². The molecule has 3 nitrogen and oxygen atoms in total. The Hall–Kier alpha value is -1.77. The molecule has 1 aliphatic heterocycles. The molecule has 18 heavy (non-hydrogen) atoms. The number of aryl methyl sites for hydroxylation is 2. The summed E-state index contributed by atoms with van der Waals surface area (Å²) < 4.78 is 5.85. The summed E-state index contributed by atoms with van der Waals surface area (Å²) in [5, 5.41) is 0. The lowest BCUT2D eigenvalue weighted by Gasteiger charge is -2.08. The zero-order valence-electron chi connectivity index (χ0n) is 10.9. The molecule has 2 heterocycles. The Balaban J connectivity index is 2.14. The van der Waals surface area contributed by atoms with Crippen LogP contribution < -0.4 is 4.74 Å². The average molecular weight is 242 g/mol. The molecule has 1 aliphatic rings. The zero-order valence-corrected chi connectivity index (χ0v) is 10.9. The van der Waals surface area contributed by atoms with Crippen molar-refractivity contribution in [2.24, 2.45) is 0 Å². The first kappa shape index (κ1) is 11.3. The van der Waals surface area contributed by atoms with Crippen molar-refractivity contribution in [3.63, 3.8) is 0 Å². The molecule has 0 saturated carbocycles. The standard InChI is InChI=1S/C15H18N2O/c1-3-10-5-6-11-13(9-10)18-8-7-12-15(11)17-14(4-2)16-12/h5-6,9H,3-4,7-8H2,1-2H3,(H,16,17). The molecule has 2 aromatic rings. The van der Waals surface area contributed by atoms with E-state index in [-0.39, 0.29) is 0 Å². The highest BCUT2D eigenvalue weighted by Gasteiger charge is 2.19. The second-order valence-electron chi connectivity index (χ2n) is 4.64. The van der Waals surface area contributed by atoms with Gasteiger partial charge in [0.25, 0.3) is 0 Å². The second-order valence-corrected chi connectivity index (χ2v) is 4.64. The first-order chi connectivity index (χ1) is 8.81. The molecule has 3 rings (SSSR count). The Morgan fingerprint density at radius 1 is 1.28 bits per heavy atom. The van der Waals surface area contributed by atoms with Crippen molar-refractivity contribution in [1.29, 1.82) is 0 Å². The maximum absolute atomic E-state index is 5.85. The van der Waals surface area contributed by atoms with Crippen LogP contribution in [0.5, 0.6) is 5.75 Å². The van der Waals surface area contributed by atoms with E-state index in [1.165, 1.54) is 5.56 Å². The molecule has 1 aromatic carbocycles. The van der Waals surface area contributed by atoms with Crippen LogP contribution in [0.1, 0.15) is 30.9 Å². The molecular weight excluding hydrogens is 224 g/mol. The van der Waals surface area contributed by atoms with Crippen molar-refractivity contribution in [1.82, 2.24) is 9.97 Å². The molecule has 0 unspecified atom stereocenters. The number of ether oxygens (including phenoxy) is 1. The third kappa shape index (κ3) is 1.80. The number of imidazole rings is 1. The summed E-state index contributed by atoms with van der Waals surface area (Å²) in [5.41, 5.74) is 4.73. The summed E-state index contributed by atoms with van der Waals surface area (Å²) >= 11 is 0. The van der Waals surface area contributed by atoms with E-state index in [0.29, 0.717) is 6.61 Å². The monoisotopic (exact) mass is 242 g/mol. The van der Waals surface area contributed by atoms with Crippen molar-refractivity contribution < 1.29 is 4.74 Å². The summed E-state index contributed by atoms with van der Waals surface area (Å²) in [6.07, 6.45) is 2.85. The Morgan fingerprint density at radius 2 is 2.17 bits per heavy atom. The van der Waals surface area contributed by atoms with Gasteiger partial charge in [0.15, 0.2) is 0 Å². The maximum atomic E-state index is 5.85. The fraction of sp³-hybridized carbons (Fsp3) is 0.400. The van der Waals surface area contributed by atoms with E-state index in [2.05, 4.69) is 42.0 Å². The largest absolute Gasteiger partial charge is 0.492 e. The maximum Gasteiger partial charge on any atom is 0.128 e. The molecule has 94 valence electrons. The fourth-order valence-electron chi connectivity index (χ4n) is 2.40. The zero-order chi connectivity index (χ0) is 12.5. The van der Waals surface area contributed by atoms with Crippen LogP contribution in [0, 0.1) is 0 Å². The molecule has 0 bridgehead atoms. The number of aromatic nitrogens is 2. The average Bonchev–Trinajstić information content (AvgIpc) is 2.74. The number of H-pyrrole nitrogens is 1. The van der Waals surface area contributed by atoms with Crippen LogP contribution in [0.3, 0.4) is 0 Å². The second kappa shape index (κ2) is 4.48. The lowest BCUT2D eigenvalue weighted by molar-refractivity contribution is 0.325. The molecule has 0 spiro atoms. The van der Waals surface area contributed by atoms with E-state index < -0.39 is 0 Å². The summed E-state index contributed by atoms with van der Waals surface area (Å²) in [5.74, 6) is 2.05. The summed E-state index contributed by atoms with van der Waals surface area (Å²) in [7, 11) is 0. The van der Waals surface area contributed by atoms with Crippen LogP contribution in [0.2, 0.25) is 0 Å². The van der Waals surface area contributed by atoms with Gasteiger partial charge >= 0.3 is 0 Å². The number of nitrogens with one attached hydrogen (secondary N) is 1. The van der Waals surface area contributed by atoms with Gasteiger partial charge in [0, 0.05) is 18.4 Å². The van der Waals surface area contributed by atoms with Gasteiger partial charge in [-0.2, -0.15) is 0 Å². The van der Waals surface area contributed by atoms with E-state index in [4.69, 9.17) is 4.74 Å². The number of nitrogens with zero attached hydrogens (tertiary/aromatic N) is 1. The van der Waals surface area contributed by atoms with Gasteiger partial charge in [-0.1, -0.05) is 19.9 Å². The highest BCUT2D eigenvalue weighted by atomic mass is 16.5. The normalized spacial score (nSPS) is 13.4. The Morgan fingerprint density at radius 3 is 2.94 bits per heavy atom. The van der Waals surface area contributed by atoms with Gasteiger partial charge in [-0.25, -0.2) is 4.98 Å². The number of fused-ring (bicyclic) bond motifs is 3. The smallest absolute Gasteiger partial charge is 0.128 e. The van der Waals surface area contributed by atoms with Crippen LogP contribution in [0.25, 0.3) is 11.3 Å². The molecule has 0 amide bonds. The van der Waals surface area contributed by atoms with Gasteiger partial charge in [0.05, 0.1) is 18.0 Å². The summed E-state index contributed by atoms with van der Waals surface area (Å²) in [6, 6.07) is 6.47. The number of rotatable bonds is 2. The molecule has 0 aliphatic carbocycles.